The Morgan fingerprint density at radius 1 is 1.33 bits per heavy atom. The van der Waals surface area contributed by atoms with Crippen LogP contribution in [0.15, 0.2) is 4.52 Å². The second kappa shape index (κ2) is 8.67. The number of hydrogen-bond acceptors (Lipinski definition) is 7. The largest absolute Gasteiger partial charge is 0.383 e. The molecular weight excluding hydrogens is 348 g/mol. The standard InChI is InChI=1S/C19H32N4O4/c1-14(2)16-20-17(27-21-16)15-5-9-22(10-6-15)13-19(25)7-4-8-23(18(19)24)11-12-26-3/h14-15,25H,4-13H2,1-3H3/t19-/m0/s1. The van der Waals surface area contributed by atoms with Crippen molar-refractivity contribution in [1.29, 1.82) is 0 Å². The SMILES string of the molecule is COCCN1CCC[C@](O)(CN2CCC(c3nc(C(C)C)no3)CC2)C1=O. The molecule has 8 heteroatoms. The van der Waals surface area contributed by atoms with Crippen molar-refractivity contribution in [3.63, 3.8) is 0 Å². The summed E-state index contributed by atoms with van der Waals surface area (Å²) in [6, 6.07) is 0. The Balaban J connectivity index is 1.54. The Kier molecular flexibility index (Phi) is 6.49. The van der Waals surface area contributed by atoms with Gasteiger partial charge in [-0.15, -0.1) is 0 Å². The van der Waals surface area contributed by atoms with Crippen LogP contribution in [-0.2, 0) is 9.53 Å². The number of aliphatic hydroxyl groups is 1. The molecule has 1 aromatic rings. The van der Waals surface area contributed by atoms with Gasteiger partial charge in [0, 0.05) is 38.6 Å². The quantitative estimate of drug-likeness (QED) is 0.764. The fraction of sp³-hybridized carbons (Fsp3) is 0.842. The maximum absolute atomic E-state index is 12.7. The van der Waals surface area contributed by atoms with Crippen LogP contribution in [0.2, 0.25) is 0 Å². The number of β-amino-alcohol motifs (C(OH)–C–C–N with tert-alkyl or cyclic N) is 1. The van der Waals surface area contributed by atoms with Crippen LogP contribution >= 0.6 is 0 Å². The van der Waals surface area contributed by atoms with Gasteiger partial charge in [-0.3, -0.25) is 9.69 Å². The van der Waals surface area contributed by atoms with Crippen molar-refractivity contribution in [2.24, 2.45) is 0 Å². The van der Waals surface area contributed by atoms with Crippen LogP contribution in [0.1, 0.15) is 63.1 Å². The van der Waals surface area contributed by atoms with Gasteiger partial charge in [-0.1, -0.05) is 19.0 Å². The number of methoxy groups -OCH3 is 1. The van der Waals surface area contributed by atoms with Crippen LogP contribution in [0.3, 0.4) is 0 Å². The van der Waals surface area contributed by atoms with Gasteiger partial charge >= 0.3 is 0 Å². The molecular formula is C19H32N4O4. The summed E-state index contributed by atoms with van der Waals surface area (Å²) in [6.45, 7) is 7.86. The third-order valence-corrected chi connectivity index (χ3v) is 5.66. The predicted octanol–water partition coefficient (Wildman–Crippen LogP) is 1.37. The van der Waals surface area contributed by atoms with Crippen LogP contribution in [0.4, 0.5) is 0 Å². The van der Waals surface area contributed by atoms with Crippen molar-refractivity contribution < 1.29 is 19.2 Å². The second-order valence-electron chi connectivity index (χ2n) is 8.12. The maximum atomic E-state index is 12.7. The minimum atomic E-state index is -1.28. The summed E-state index contributed by atoms with van der Waals surface area (Å²) >= 11 is 0. The normalized spacial score (nSPS) is 25.5. The van der Waals surface area contributed by atoms with E-state index in [9.17, 15) is 9.90 Å². The first-order valence-corrected chi connectivity index (χ1v) is 9.99. The minimum absolute atomic E-state index is 0.161. The Morgan fingerprint density at radius 3 is 2.70 bits per heavy atom. The Bertz CT molecular complexity index is 627. The summed E-state index contributed by atoms with van der Waals surface area (Å²) in [6.07, 6.45) is 3.15. The highest BCUT2D eigenvalue weighted by Gasteiger charge is 2.43. The van der Waals surface area contributed by atoms with Gasteiger partial charge in [-0.05, 0) is 38.8 Å². The summed E-state index contributed by atoms with van der Waals surface area (Å²) in [4.78, 5) is 21.2. The monoisotopic (exact) mass is 380 g/mol. The highest BCUT2D eigenvalue weighted by atomic mass is 16.5. The lowest BCUT2D eigenvalue weighted by molar-refractivity contribution is -0.160. The van der Waals surface area contributed by atoms with E-state index in [2.05, 4.69) is 28.9 Å². The molecule has 1 atom stereocenters. The number of amides is 1. The summed E-state index contributed by atoms with van der Waals surface area (Å²) in [5.41, 5.74) is -1.28. The van der Waals surface area contributed by atoms with Crippen LogP contribution in [0.25, 0.3) is 0 Å². The van der Waals surface area contributed by atoms with Crippen molar-refractivity contribution in [3.8, 4) is 0 Å². The predicted molar refractivity (Wildman–Crippen MR) is 99.4 cm³/mol. The lowest BCUT2D eigenvalue weighted by Gasteiger charge is -2.42. The van der Waals surface area contributed by atoms with Crippen LogP contribution in [0, 0.1) is 0 Å². The molecule has 3 heterocycles. The molecule has 8 nitrogen and oxygen atoms in total. The number of nitrogens with zero attached hydrogens (tertiary/aromatic N) is 4. The molecule has 2 saturated heterocycles. The van der Waals surface area contributed by atoms with E-state index < -0.39 is 5.60 Å². The number of likely N-dealkylation sites (tertiary alicyclic amines) is 2. The van der Waals surface area contributed by atoms with E-state index in [0.717, 1.165) is 44.1 Å². The summed E-state index contributed by atoms with van der Waals surface area (Å²) in [5, 5.41) is 15.1. The van der Waals surface area contributed by atoms with E-state index >= 15 is 0 Å². The van der Waals surface area contributed by atoms with Gasteiger partial charge in [0.25, 0.3) is 5.91 Å². The summed E-state index contributed by atoms with van der Waals surface area (Å²) in [7, 11) is 1.62. The Labute approximate surface area is 160 Å². The number of aromatic nitrogens is 2. The molecule has 2 fully saturated rings. The molecule has 1 aromatic heterocycles. The van der Waals surface area contributed by atoms with Gasteiger partial charge in [0.05, 0.1) is 6.61 Å². The number of carbonyl (C=O) groups is 1. The van der Waals surface area contributed by atoms with Crippen molar-refractivity contribution in [3.05, 3.63) is 11.7 Å². The Hall–Kier alpha value is -1.51. The summed E-state index contributed by atoms with van der Waals surface area (Å²) < 4.78 is 10.5. The Morgan fingerprint density at radius 2 is 2.07 bits per heavy atom. The number of carbonyl (C=O) groups excluding carboxylic acids is 1. The zero-order chi connectivity index (χ0) is 19.4. The average Bonchev–Trinajstić information content (AvgIpc) is 3.14. The molecule has 0 spiro atoms. The number of rotatable bonds is 7. The number of piperidine rings is 2. The third-order valence-electron chi connectivity index (χ3n) is 5.66. The van der Waals surface area contributed by atoms with Gasteiger partial charge in [-0.2, -0.15) is 4.98 Å². The smallest absolute Gasteiger partial charge is 0.255 e. The van der Waals surface area contributed by atoms with Crippen molar-refractivity contribution in [1.82, 2.24) is 19.9 Å². The molecule has 0 aliphatic carbocycles. The van der Waals surface area contributed by atoms with Gasteiger partial charge in [0.1, 0.15) is 0 Å². The molecule has 152 valence electrons. The van der Waals surface area contributed by atoms with E-state index in [4.69, 9.17) is 9.26 Å². The first-order chi connectivity index (χ1) is 12.9. The minimum Gasteiger partial charge on any atom is -0.383 e. The van der Waals surface area contributed by atoms with Crippen molar-refractivity contribution in [2.45, 2.75) is 57.0 Å². The fourth-order valence-corrected chi connectivity index (χ4v) is 3.98. The first-order valence-electron chi connectivity index (χ1n) is 9.99. The van der Waals surface area contributed by atoms with Crippen LogP contribution in [-0.4, -0.2) is 83.0 Å². The van der Waals surface area contributed by atoms with Crippen molar-refractivity contribution in [2.75, 3.05) is 46.4 Å². The molecule has 0 saturated carbocycles. The zero-order valence-electron chi connectivity index (χ0n) is 16.7. The molecule has 2 aliphatic rings. The molecule has 2 aliphatic heterocycles. The molecule has 0 radical (unpaired) electrons. The van der Waals surface area contributed by atoms with Crippen LogP contribution in [0.5, 0.6) is 0 Å². The first kappa shape index (κ1) is 20.2. The molecule has 1 N–H and O–H groups in total. The number of hydrogen-bond donors (Lipinski definition) is 1. The maximum Gasteiger partial charge on any atom is 0.255 e. The van der Waals surface area contributed by atoms with Gasteiger partial charge in [-0.25, -0.2) is 0 Å². The molecule has 27 heavy (non-hydrogen) atoms. The fourth-order valence-electron chi connectivity index (χ4n) is 3.98. The zero-order valence-corrected chi connectivity index (χ0v) is 16.7. The van der Waals surface area contributed by atoms with E-state index in [-0.39, 0.29) is 17.7 Å². The average molecular weight is 380 g/mol. The highest BCUT2D eigenvalue weighted by molar-refractivity contribution is 5.86. The summed E-state index contributed by atoms with van der Waals surface area (Å²) in [5.74, 6) is 1.83. The molecule has 0 bridgehead atoms. The van der Waals surface area contributed by atoms with Gasteiger partial charge in [0.2, 0.25) is 5.89 Å². The van der Waals surface area contributed by atoms with Gasteiger partial charge < -0.3 is 19.3 Å². The van der Waals surface area contributed by atoms with Crippen LogP contribution < -0.4 is 0 Å². The molecule has 0 aromatic carbocycles. The van der Waals surface area contributed by atoms with E-state index in [1.54, 1.807) is 12.0 Å². The van der Waals surface area contributed by atoms with Crippen molar-refractivity contribution >= 4 is 5.91 Å². The van der Waals surface area contributed by atoms with E-state index in [0.29, 0.717) is 32.7 Å². The topological polar surface area (TPSA) is 91.9 Å². The highest BCUT2D eigenvalue weighted by Crippen LogP contribution is 2.30. The lowest BCUT2D eigenvalue weighted by Crippen LogP contribution is -2.59. The third kappa shape index (κ3) is 4.67. The molecule has 1 amide bonds. The molecule has 3 rings (SSSR count). The van der Waals surface area contributed by atoms with E-state index in [1.165, 1.54) is 0 Å². The number of ether oxygens (including phenoxy) is 1. The van der Waals surface area contributed by atoms with Gasteiger partial charge in [0.15, 0.2) is 11.4 Å². The second-order valence-corrected chi connectivity index (χ2v) is 8.12. The van der Waals surface area contributed by atoms with E-state index in [1.807, 2.05) is 0 Å². The lowest BCUT2D eigenvalue weighted by atomic mass is 9.89. The molecule has 0 unspecified atom stereocenters.